The second kappa shape index (κ2) is 4.55. The molecule has 90 valence electrons. The van der Waals surface area contributed by atoms with Crippen LogP contribution in [0.3, 0.4) is 0 Å². The molecule has 0 unspecified atom stereocenters. The smallest absolute Gasteiger partial charge is 0.258 e. The first-order chi connectivity index (χ1) is 8.74. The molecule has 7 heteroatoms. The Labute approximate surface area is 115 Å². The van der Waals surface area contributed by atoms with E-state index in [1.807, 2.05) is 12.1 Å². The number of benzene rings is 1. The molecule has 1 aromatic carbocycles. The Hall–Kier alpha value is -1.66. The van der Waals surface area contributed by atoms with Crippen LogP contribution in [0.2, 0.25) is 5.02 Å². The molecule has 1 N–H and O–H groups in total. The number of nitrogens with one attached hydrogen (secondary N) is 1. The molecule has 0 spiro atoms. The van der Waals surface area contributed by atoms with Gasteiger partial charge in [-0.15, -0.1) is 0 Å². The van der Waals surface area contributed by atoms with Gasteiger partial charge in [0.25, 0.3) is 5.89 Å². The molecule has 0 radical (unpaired) electrons. The second-order valence-corrected chi connectivity index (χ2v) is 4.81. The van der Waals surface area contributed by atoms with Crippen LogP contribution in [0.1, 0.15) is 0 Å². The van der Waals surface area contributed by atoms with Crippen LogP contribution in [0.5, 0.6) is 0 Å². The van der Waals surface area contributed by atoms with Gasteiger partial charge < -0.3 is 4.52 Å². The molecular weight excluding hydrogens is 320 g/mol. The third-order valence-corrected chi connectivity index (χ3v) is 3.19. The Morgan fingerprint density at radius 3 is 2.67 bits per heavy atom. The van der Waals surface area contributed by atoms with Crippen LogP contribution in [0.4, 0.5) is 0 Å². The van der Waals surface area contributed by atoms with Crippen molar-refractivity contribution in [2.45, 2.75) is 0 Å². The highest BCUT2D eigenvalue weighted by molar-refractivity contribution is 9.10. The van der Waals surface area contributed by atoms with E-state index < -0.39 is 0 Å². The molecule has 0 bridgehead atoms. The van der Waals surface area contributed by atoms with E-state index in [0.717, 1.165) is 10.0 Å². The average molecular weight is 326 g/mol. The number of aromatic amines is 1. The number of rotatable bonds is 2. The van der Waals surface area contributed by atoms with Crippen molar-refractivity contribution < 1.29 is 4.52 Å². The summed E-state index contributed by atoms with van der Waals surface area (Å²) in [5, 5.41) is 11.2. The van der Waals surface area contributed by atoms with Crippen LogP contribution < -0.4 is 0 Å². The Balaban J connectivity index is 1.99. The van der Waals surface area contributed by atoms with Crippen molar-refractivity contribution in [3.05, 3.63) is 40.0 Å². The minimum absolute atomic E-state index is 0.433. The predicted octanol–water partition coefficient (Wildman–Crippen LogP) is 3.54. The maximum absolute atomic E-state index is 5.82. The van der Waals surface area contributed by atoms with Crippen molar-refractivity contribution in [2.75, 3.05) is 0 Å². The van der Waals surface area contributed by atoms with Gasteiger partial charge in [0.05, 0.1) is 10.7 Å². The Morgan fingerprint density at radius 2 is 2.00 bits per heavy atom. The van der Waals surface area contributed by atoms with Crippen LogP contribution in [-0.4, -0.2) is 20.3 Å². The number of aromatic nitrogens is 4. The molecule has 0 saturated carbocycles. The van der Waals surface area contributed by atoms with E-state index >= 15 is 0 Å². The number of hydrogen-bond donors (Lipinski definition) is 1. The van der Waals surface area contributed by atoms with Gasteiger partial charge in [-0.25, -0.2) is 0 Å². The highest BCUT2D eigenvalue weighted by Gasteiger charge is 2.14. The molecule has 0 fully saturated rings. The zero-order valence-electron chi connectivity index (χ0n) is 8.89. The van der Waals surface area contributed by atoms with Gasteiger partial charge in [-0.1, -0.05) is 16.8 Å². The van der Waals surface area contributed by atoms with Gasteiger partial charge in [0.2, 0.25) is 5.82 Å². The summed E-state index contributed by atoms with van der Waals surface area (Å²) >= 11 is 9.17. The van der Waals surface area contributed by atoms with E-state index in [4.69, 9.17) is 16.1 Å². The number of H-pyrrole nitrogens is 1. The van der Waals surface area contributed by atoms with Gasteiger partial charge in [0.15, 0.2) is 0 Å². The first-order valence-corrected chi connectivity index (χ1v) is 6.20. The SMILES string of the molecule is Clc1ccc(-c2nc(-c3[nH]ncc3Br)no2)cc1. The molecule has 0 amide bonds. The molecule has 0 atom stereocenters. The largest absolute Gasteiger partial charge is 0.334 e. The minimum atomic E-state index is 0.433. The molecule has 0 aliphatic carbocycles. The van der Waals surface area contributed by atoms with E-state index in [2.05, 4.69) is 36.3 Å². The van der Waals surface area contributed by atoms with E-state index in [0.29, 0.717) is 22.4 Å². The van der Waals surface area contributed by atoms with Crippen molar-refractivity contribution in [3.63, 3.8) is 0 Å². The monoisotopic (exact) mass is 324 g/mol. The van der Waals surface area contributed by atoms with Crippen LogP contribution >= 0.6 is 27.5 Å². The van der Waals surface area contributed by atoms with Crippen molar-refractivity contribution in [3.8, 4) is 23.0 Å². The molecule has 5 nitrogen and oxygen atoms in total. The van der Waals surface area contributed by atoms with Gasteiger partial charge in [-0.3, -0.25) is 5.10 Å². The van der Waals surface area contributed by atoms with E-state index in [-0.39, 0.29) is 0 Å². The quantitative estimate of drug-likeness (QED) is 0.782. The summed E-state index contributed by atoms with van der Waals surface area (Å²) in [4.78, 5) is 4.29. The summed E-state index contributed by atoms with van der Waals surface area (Å²) < 4.78 is 5.98. The van der Waals surface area contributed by atoms with Crippen molar-refractivity contribution >= 4 is 27.5 Å². The average Bonchev–Trinajstić information content (AvgIpc) is 2.98. The van der Waals surface area contributed by atoms with Gasteiger partial charge in [-0.05, 0) is 40.2 Å². The second-order valence-electron chi connectivity index (χ2n) is 3.52. The summed E-state index contributed by atoms with van der Waals surface area (Å²) in [6.45, 7) is 0. The lowest BCUT2D eigenvalue weighted by molar-refractivity contribution is 0.432. The lowest BCUT2D eigenvalue weighted by atomic mass is 10.2. The highest BCUT2D eigenvalue weighted by Crippen LogP contribution is 2.26. The van der Waals surface area contributed by atoms with E-state index in [1.54, 1.807) is 18.3 Å². The zero-order chi connectivity index (χ0) is 12.5. The van der Waals surface area contributed by atoms with Crippen LogP contribution in [-0.2, 0) is 0 Å². The summed E-state index contributed by atoms with van der Waals surface area (Å²) in [7, 11) is 0. The maximum Gasteiger partial charge on any atom is 0.258 e. The van der Waals surface area contributed by atoms with Crippen molar-refractivity contribution in [1.82, 2.24) is 20.3 Å². The van der Waals surface area contributed by atoms with Gasteiger partial charge in [0.1, 0.15) is 5.69 Å². The molecule has 3 rings (SSSR count). The molecule has 0 aliphatic rings. The number of nitrogens with zero attached hydrogens (tertiary/aromatic N) is 3. The third kappa shape index (κ3) is 2.04. The molecule has 2 heterocycles. The number of halogens is 2. The van der Waals surface area contributed by atoms with Crippen LogP contribution in [0.15, 0.2) is 39.5 Å². The standard InChI is InChI=1S/C11H6BrClN4O/c12-8-5-14-16-9(8)10-15-11(18-17-10)6-1-3-7(13)4-2-6/h1-5H,(H,14,16). The third-order valence-electron chi connectivity index (χ3n) is 2.33. The summed E-state index contributed by atoms with van der Waals surface area (Å²) in [6.07, 6.45) is 1.63. The van der Waals surface area contributed by atoms with E-state index in [9.17, 15) is 0 Å². The molecular formula is C11H6BrClN4O. The minimum Gasteiger partial charge on any atom is -0.334 e. The van der Waals surface area contributed by atoms with Gasteiger partial charge >= 0.3 is 0 Å². The molecule has 3 aromatic rings. The Kier molecular flexibility index (Phi) is 2.89. The molecule has 2 aromatic heterocycles. The van der Waals surface area contributed by atoms with Crippen molar-refractivity contribution in [2.24, 2.45) is 0 Å². The Bertz CT molecular complexity index is 676. The van der Waals surface area contributed by atoms with Crippen molar-refractivity contribution in [1.29, 1.82) is 0 Å². The van der Waals surface area contributed by atoms with Crippen LogP contribution in [0, 0.1) is 0 Å². The van der Waals surface area contributed by atoms with Crippen LogP contribution in [0.25, 0.3) is 23.0 Å². The first kappa shape index (κ1) is 11.4. The van der Waals surface area contributed by atoms with Gasteiger partial charge in [0, 0.05) is 10.6 Å². The lowest BCUT2D eigenvalue weighted by Crippen LogP contribution is -1.82. The Morgan fingerprint density at radius 1 is 1.22 bits per heavy atom. The molecule has 0 saturated heterocycles. The predicted molar refractivity (Wildman–Crippen MR) is 70.0 cm³/mol. The lowest BCUT2D eigenvalue weighted by Gasteiger charge is -1.93. The molecule has 18 heavy (non-hydrogen) atoms. The fraction of sp³-hybridized carbons (Fsp3) is 0. The van der Waals surface area contributed by atoms with Gasteiger partial charge in [-0.2, -0.15) is 10.1 Å². The highest BCUT2D eigenvalue weighted by atomic mass is 79.9. The topological polar surface area (TPSA) is 67.6 Å². The van der Waals surface area contributed by atoms with E-state index in [1.165, 1.54) is 0 Å². The summed E-state index contributed by atoms with van der Waals surface area (Å²) in [6, 6.07) is 7.18. The zero-order valence-corrected chi connectivity index (χ0v) is 11.2. The molecule has 0 aliphatic heterocycles. The first-order valence-electron chi connectivity index (χ1n) is 5.03. The maximum atomic E-state index is 5.82. The normalized spacial score (nSPS) is 10.8. The fourth-order valence-corrected chi connectivity index (χ4v) is 1.96. The number of hydrogen-bond acceptors (Lipinski definition) is 4. The fourth-order valence-electron chi connectivity index (χ4n) is 1.46. The summed E-state index contributed by atoms with van der Waals surface area (Å²) in [5.41, 5.74) is 1.49. The summed E-state index contributed by atoms with van der Waals surface area (Å²) in [5.74, 6) is 0.882.